The van der Waals surface area contributed by atoms with E-state index in [4.69, 9.17) is 10.8 Å². The molecule has 0 fully saturated rings. The molecule has 0 heterocycles. The van der Waals surface area contributed by atoms with Gasteiger partial charge in [-0.3, -0.25) is 9.59 Å². The Morgan fingerprint density at radius 2 is 1.80 bits per heavy atom. The zero-order chi connectivity index (χ0) is 15.4. The summed E-state index contributed by atoms with van der Waals surface area (Å²) in [6, 6.07) is -0.673. The van der Waals surface area contributed by atoms with Gasteiger partial charge in [0.05, 0.1) is 0 Å². The first kappa shape index (κ1) is 18.9. The molecule has 0 aromatic heterocycles. The van der Waals surface area contributed by atoms with Crippen LogP contribution >= 0.6 is 0 Å². The van der Waals surface area contributed by atoms with Gasteiger partial charge in [0.1, 0.15) is 6.04 Å². The van der Waals surface area contributed by atoms with Crippen molar-refractivity contribution >= 4 is 11.9 Å². The van der Waals surface area contributed by atoms with Gasteiger partial charge in [-0.05, 0) is 31.7 Å². The van der Waals surface area contributed by atoms with Gasteiger partial charge in [-0.15, -0.1) is 0 Å². The average Bonchev–Trinajstić information content (AvgIpc) is 2.38. The van der Waals surface area contributed by atoms with Gasteiger partial charge in [-0.2, -0.15) is 0 Å². The maximum atomic E-state index is 11.1. The van der Waals surface area contributed by atoms with E-state index < -0.39 is 17.9 Å². The van der Waals surface area contributed by atoms with Crippen LogP contribution in [0.3, 0.4) is 0 Å². The zero-order valence-corrected chi connectivity index (χ0v) is 12.9. The number of carboxylic acids is 1. The maximum Gasteiger partial charge on any atom is 0.320 e. The van der Waals surface area contributed by atoms with Crippen molar-refractivity contribution in [2.75, 3.05) is 6.54 Å². The summed E-state index contributed by atoms with van der Waals surface area (Å²) in [7, 11) is 0. The van der Waals surface area contributed by atoms with Crippen molar-refractivity contribution in [1.29, 1.82) is 0 Å². The Kier molecular flexibility index (Phi) is 11.1. The van der Waals surface area contributed by atoms with Crippen molar-refractivity contribution in [2.24, 2.45) is 11.7 Å². The summed E-state index contributed by atoms with van der Waals surface area (Å²) in [6.45, 7) is 5.03. The smallest absolute Gasteiger partial charge is 0.320 e. The molecule has 20 heavy (non-hydrogen) atoms. The largest absolute Gasteiger partial charge is 0.480 e. The van der Waals surface area contributed by atoms with Crippen LogP contribution in [0.25, 0.3) is 0 Å². The minimum atomic E-state index is -0.907. The minimum Gasteiger partial charge on any atom is -0.480 e. The lowest BCUT2D eigenvalue weighted by Crippen LogP contribution is -2.40. The highest BCUT2D eigenvalue weighted by atomic mass is 16.4. The Bertz CT molecular complexity index is 282. The standard InChI is InChI=1S/C15H30N2O3/c1-3-5-6-8-12(7-4-2)11-17-13(15(19)20)9-10-14(16)18/h12-13,17H,3-11H2,1-2H3,(H2,16,18)(H,19,20). The lowest BCUT2D eigenvalue weighted by molar-refractivity contribution is -0.139. The molecule has 0 saturated carbocycles. The number of primary amides is 1. The summed E-state index contributed by atoms with van der Waals surface area (Å²) in [5.41, 5.74) is 5.07. The molecule has 0 spiro atoms. The molecule has 5 heteroatoms. The zero-order valence-electron chi connectivity index (χ0n) is 12.9. The van der Waals surface area contributed by atoms with E-state index >= 15 is 0 Å². The first-order valence-corrected chi connectivity index (χ1v) is 7.75. The van der Waals surface area contributed by atoms with E-state index in [0.29, 0.717) is 12.5 Å². The monoisotopic (exact) mass is 286 g/mol. The summed E-state index contributed by atoms with van der Waals surface area (Å²) in [5, 5.41) is 12.2. The highest BCUT2D eigenvalue weighted by Gasteiger charge is 2.19. The molecule has 0 aliphatic heterocycles. The molecule has 2 unspecified atom stereocenters. The molecule has 0 aliphatic rings. The fraction of sp³-hybridized carbons (Fsp3) is 0.867. The van der Waals surface area contributed by atoms with Gasteiger partial charge in [-0.1, -0.05) is 39.5 Å². The predicted molar refractivity (Wildman–Crippen MR) is 80.4 cm³/mol. The maximum absolute atomic E-state index is 11.1. The van der Waals surface area contributed by atoms with Gasteiger partial charge in [0.25, 0.3) is 0 Å². The molecule has 2 atom stereocenters. The number of hydrogen-bond donors (Lipinski definition) is 3. The number of aliphatic carboxylic acids is 1. The fourth-order valence-corrected chi connectivity index (χ4v) is 2.35. The Labute approximate surface area is 122 Å². The van der Waals surface area contributed by atoms with E-state index in [1.807, 2.05) is 0 Å². The van der Waals surface area contributed by atoms with Crippen LogP contribution in [0.4, 0.5) is 0 Å². The predicted octanol–water partition coefficient (Wildman–Crippen LogP) is 2.29. The van der Waals surface area contributed by atoms with Crippen LogP contribution in [0.15, 0.2) is 0 Å². The first-order chi connectivity index (χ1) is 9.51. The molecule has 0 aromatic carbocycles. The summed E-state index contributed by atoms with van der Waals surface area (Å²) in [5.74, 6) is -0.844. The van der Waals surface area contributed by atoms with Crippen molar-refractivity contribution in [3.05, 3.63) is 0 Å². The van der Waals surface area contributed by atoms with E-state index in [1.165, 1.54) is 19.3 Å². The molecule has 5 nitrogen and oxygen atoms in total. The number of nitrogens with one attached hydrogen (secondary N) is 1. The van der Waals surface area contributed by atoms with Crippen LogP contribution in [-0.4, -0.2) is 29.6 Å². The van der Waals surface area contributed by atoms with Crippen molar-refractivity contribution in [3.8, 4) is 0 Å². The molecule has 0 aliphatic carbocycles. The number of unbranched alkanes of at least 4 members (excludes halogenated alkanes) is 2. The Morgan fingerprint density at radius 1 is 1.10 bits per heavy atom. The molecule has 0 saturated heterocycles. The van der Waals surface area contributed by atoms with E-state index in [2.05, 4.69) is 19.2 Å². The molecule has 0 radical (unpaired) electrons. The second kappa shape index (κ2) is 11.7. The highest BCUT2D eigenvalue weighted by molar-refractivity contribution is 5.77. The van der Waals surface area contributed by atoms with Crippen molar-refractivity contribution in [2.45, 2.75) is 71.3 Å². The topological polar surface area (TPSA) is 92.4 Å². The SMILES string of the molecule is CCCCCC(CCC)CNC(CCC(N)=O)C(=O)O. The number of nitrogens with two attached hydrogens (primary N) is 1. The molecular formula is C15H30N2O3. The summed E-state index contributed by atoms with van der Waals surface area (Å²) >= 11 is 0. The summed E-state index contributed by atoms with van der Waals surface area (Å²) in [6.07, 6.45) is 7.35. The normalized spacial score (nSPS) is 13.9. The van der Waals surface area contributed by atoms with Crippen LogP contribution in [0, 0.1) is 5.92 Å². The van der Waals surface area contributed by atoms with Crippen LogP contribution in [0.2, 0.25) is 0 Å². The van der Waals surface area contributed by atoms with Crippen LogP contribution in [-0.2, 0) is 9.59 Å². The first-order valence-electron chi connectivity index (χ1n) is 7.75. The van der Waals surface area contributed by atoms with Gasteiger partial charge in [0, 0.05) is 6.42 Å². The number of carbonyl (C=O) groups excluding carboxylic acids is 1. The Morgan fingerprint density at radius 3 is 2.30 bits per heavy atom. The van der Waals surface area contributed by atoms with Gasteiger partial charge >= 0.3 is 5.97 Å². The third-order valence-corrected chi connectivity index (χ3v) is 3.54. The number of hydrogen-bond acceptors (Lipinski definition) is 3. The molecule has 0 aromatic rings. The number of rotatable bonds is 13. The van der Waals surface area contributed by atoms with Gasteiger partial charge in [-0.25, -0.2) is 0 Å². The third-order valence-electron chi connectivity index (χ3n) is 3.54. The molecule has 1 amide bonds. The van der Waals surface area contributed by atoms with Crippen LogP contribution in [0.1, 0.15) is 65.2 Å². The molecule has 0 bridgehead atoms. The summed E-state index contributed by atoms with van der Waals surface area (Å²) in [4.78, 5) is 21.9. The van der Waals surface area contributed by atoms with Crippen LogP contribution in [0.5, 0.6) is 0 Å². The van der Waals surface area contributed by atoms with E-state index in [0.717, 1.165) is 19.3 Å². The average molecular weight is 286 g/mol. The summed E-state index contributed by atoms with van der Waals surface area (Å²) < 4.78 is 0. The van der Waals surface area contributed by atoms with E-state index in [9.17, 15) is 9.59 Å². The number of amides is 1. The van der Waals surface area contributed by atoms with Crippen molar-refractivity contribution in [1.82, 2.24) is 5.32 Å². The van der Waals surface area contributed by atoms with E-state index in [-0.39, 0.29) is 12.8 Å². The number of carbonyl (C=O) groups is 2. The Hall–Kier alpha value is -1.10. The fourth-order valence-electron chi connectivity index (χ4n) is 2.35. The Balaban J connectivity index is 4.16. The quantitative estimate of drug-likeness (QED) is 0.453. The van der Waals surface area contributed by atoms with Gasteiger partial charge < -0.3 is 16.2 Å². The van der Waals surface area contributed by atoms with Crippen molar-refractivity contribution in [3.63, 3.8) is 0 Å². The van der Waals surface area contributed by atoms with Gasteiger partial charge in [0.2, 0.25) is 5.91 Å². The lowest BCUT2D eigenvalue weighted by Gasteiger charge is -2.20. The third kappa shape index (κ3) is 9.78. The van der Waals surface area contributed by atoms with E-state index in [1.54, 1.807) is 0 Å². The molecule has 4 N–H and O–H groups in total. The van der Waals surface area contributed by atoms with Crippen LogP contribution < -0.4 is 11.1 Å². The second-order valence-corrected chi connectivity index (χ2v) is 5.45. The van der Waals surface area contributed by atoms with Gasteiger partial charge in [0.15, 0.2) is 0 Å². The minimum absolute atomic E-state index is 0.109. The second-order valence-electron chi connectivity index (χ2n) is 5.45. The highest BCUT2D eigenvalue weighted by Crippen LogP contribution is 2.15. The van der Waals surface area contributed by atoms with Crippen molar-refractivity contribution < 1.29 is 14.7 Å². The lowest BCUT2D eigenvalue weighted by atomic mass is 9.96. The molecule has 118 valence electrons. The molecule has 0 rings (SSSR count). The number of carboxylic acid groups (broad SMARTS) is 1. The molecular weight excluding hydrogens is 256 g/mol.